The number of aliphatic hydroxyl groups excluding tert-OH is 1. The number of anilines is 1. The zero-order valence-electron chi connectivity index (χ0n) is 26.1. The number of rotatable bonds is 12. The molecule has 2 saturated carbocycles. The van der Waals surface area contributed by atoms with Crippen molar-refractivity contribution >= 4 is 28.7 Å². The lowest BCUT2D eigenvalue weighted by molar-refractivity contribution is -0.192. The molecule has 46 heavy (non-hydrogen) atoms. The van der Waals surface area contributed by atoms with Gasteiger partial charge in [-0.25, -0.2) is 18.7 Å². The van der Waals surface area contributed by atoms with Crippen molar-refractivity contribution in [3.63, 3.8) is 0 Å². The van der Waals surface area contributed by atoms with E-state index >= 15 is 0 Å². The van der Waals surface area contributed by atoms with Gasteiger partial charge in [0.2, 0.25) is 0 Å². The van der Waals surface area contributed by atoms with Gasteiger partial charge in [-0.15, -0.1) is 5.10 Å². The Labute approximate surface area is 270 Å². The maximum Gasteiger partial charge on any atom is 0.196 e. The molecular formula is C33H38F2N6O4S. The van der Waals surface area contributed by atoms with Gasteiger partial charge in [0.15, 0.2) is 45.3 Å². The number of fused-ring (bicyclic) bond motifs is 2. The number of hydrogen-bond acceptors (Lipinski definition) is 10. The maximum atomic E-state index is 14.3. The Morgan fingerprint density at radius 1 is 1.13 bits per heavy atom. The molecule has 2 aromatic carbocycles. The molecule has 1 N–H and O–H groups in total. The molecule has 10 nitrogen and oxygen atoms in total. The van der Waals surface area contributed by atoms with Gasteiger partial charge < -0.3 is 24.2 Å². The molecule has 1 saturated heterocycles. The summed E-state index contributed by atoms with van der Waals surface area (Å²) >= 11 is 1.56. The van der Waals surface area contributed by atoms with E-state index in [1.54, 1.807) is 22.5 Å². The van der Waals surface area contributed by atoms with Crippen molar-refractivity contribution in [2.24, 2.45) is 0 Å². The fourth-order valence-corrected chi connectivity index (χ4v) is 7.55. The smallest absolute Gasteiger partial charge is 0.196 e. The van der Waals surface area contributed by atoms with Crippen LogP contribution in [0, 0.1) is 11.6 Å². The van der Waals surface area contributed by atoms with Gasteiger partial charge in [-0.2, -0.15) is 4.68 Å². The normalized spacial score (nSPS) is 26.5. The third-order valence-corrected chi connectivity index (χ3v) is 9.93. The van der Waals surface area contributed by atoms with E-state index in [0.29, 0.717) is 41.5 Å². The van der Waals surface area contributed by atoms with E-state index in [1.165, 1.54) is 12.1 Å². The summed E-state index contributed by atoms with van der Waals surface area (Å²) in [5.41, 5.74) is 1.86. The molecular weight excluding hydrogens is 614 g/mol. The Morgan fingerprint density at radius 3 is 2.72 bits per heavy atom. The van der Waals surface area contributed by atoms with Crippen LogP contribution in [-0.4, -0.2) is 73.1 Å². The molecule has 7 rings (SSSR count). The molecule has 3 aliphatic rings. The van der Waals surface area contributed by atoms with Crippen molar-refractivity contribution in [2.75, 3.05) is 23.9 Å². The first kappa shape index (κ1) is 31.4. The number of halogens is 2. The van der Waals surface area contributed by atoms with Crippen molar-refractivity contribution in [3.8, 4) is 0 Å². The number of nitrogens with zero attached hydrogens (tertiary/aromatic N) is 6. The summed E-state index contributed by atoms with van der Waals surface area (Å²) < 4.78 is 48.9. The third-order valence-electron chi connectivity index (χ3n) is 8.88. The van der Waals surface area contributed by atoms with Crippen LogP contribution in [0.1, 0.15) is 63.5 Å². The van der Waals surface area contributed by atoms with Gasteiger partial charge in [0.25, 0.3) is 0 Å². The fraction of sp³-hybridized carbons (Fsp3) is 0.515. The van der Waals surface area contributed by atoms with Gasteiger partial charge in [-0.05, 0) is 56.4 Å². The molecule has 3 heterocycles. The van der Waals surface area contributed by atoms with Crippen LogP contribution in [-0.2, 0) is 26.5 Å². The zero-order chi connectivity index (χ0) is 32.1. The topological polar surface area (TPSA) is 108 Å². The van der Waals surface area contributed by atoms with Gasteiger partial charge >= 0.3 is 0 Å². The Kier molecular flexibility index (Phi) is 8.47. The second-order valence-corrected chi connectivity index (χ2v) is 13.7. The van der Waals surface area contributed by atoms with Gasteiger partial charge in [0.05, 0.1) is 19.3 Å². The Hall–Kier alpha value is -3.23. The van der Waals surface area contributed by atoms with Crippen LogP contribution in [0.5, 0.6) is 0 Å². The number of aliphatic hydroxyl groups is 1. The summed E-state index contributed by atoms with van der Waals surface area (Å²) in [5.74, 6) is -1.18. The number of ether oxygens (including phenoxy) is 3. The summed E-state index contributed by atoms with van der Waals surface area (Å²) in [7, 11) is 0. The minimum Gasteiger partial charge on any atom is -0.394 e. The Morgan fingerprint density at radius 2 is 1.96 bits per heavy atom. The van der Waals surface area contributed by atoms with Gasteiger partial charge in [-0.1, -0.05) is 60.3 Å². The zero-order valence-corrected chi connectivity index (χ0v) is 26.9. The summed E-state index contributed by atoms with van der Waals surface area (Å²) in [6.07, 6.45) is 2.09. The molecule has 3 fully saturated rings. The van der Waals surface area contributed by atoms with E-state index in [2.05, 4.69) is 34.3 Å². The van der Waals surface area contributed by atoms with Crippen LogP contribution in [0.2, 0.25) is 0 Å². The molecule has 3 unspecified atom stereocenters. The molecule has 5 atom stereocenters. The highest BCUT2D eigenvalue weighted by Gasteiger charge is 2.63. The second-order valence-electron chi connectivity index (χ2n) is 12.6. The Bertz CT molecular complexity index is 1710. The molecule has 13 heteroatoms. The maximum absolute atomic E-state index is 14.3. The largest absolute Gasteiger partial charge is 0.394 e. The highest BCUT2D eigenvalue weighted by molar-refractivity contribution is 7.99. The number of thioether (sulfide) groups is 1. The van der Waals surface area contributed by atoms with E-state index in [9.17, 15) is 13.9 Å². The average molecular weight is 653 g/mol. The summed E-state index contributed by atoms with van der Waals surface area (Å²) in [6.45, 7) is 6.47. The van der Waals surface area contributed by atoms with Gasteiger partial charge in [0.1, 0.15) is 6.10 Å². The predicted molar refractivity (Wildman–Crippen MR) is 168 cm³/mol. The summed E-state index contributed by atoms with van der Waals surface area (Å²) in [4.78, 5) is 12.3. The van der Waals surface area contributed by atoms with E-state index in [1.807, 2.05) is 32.0 Å². The molecule has 1 aliphatic heterocycles. The van der Waals surface area contributed by atoms with Crippen LogP contribution >= 0.6 is 11.8 Å². The molecule has 0 radical (unpaired) electrons. The van der Waals surface area contributed by atoms with Gasteiger partial charge in [-0.3, -0.25) is 0 Å². The number of aromatic nitrogens is 5. The van der Waals surface area contributed by atoms with Crippen molar-refractivity contribution in [2.45, 2.75) is 93.8 Å². The van der Waals surface area contributed by atoms with Crippen LogP contribution in [0.15, 0.2) is 53.7 Å². The van der Waals surface area contributed by atoms with Crippen LogP contribution in [0.3, 0.4) is 0 Å². The summed E-state index contributed by atoms with van der Waals surface area (Å²) in [6, 6.07) is 14.2. The second kappa shape index (κ2) is 12.4. The molecule has 244 valence electrons. The fourth-order valence-electron chi connectivity index (χ4n) is 6.86. The van der Waals surface area contributed by atoms with Crippen LogP contribution in [0.4, 0.5) is 14.6 Å². The summed E-state index contributed by atoms with van der Waals surface area (Å²) in [5, 5.41) is 19.4. The first-order valence-electron chi connectivity index (χ1n) is 15.9. The van der Waals surface area contributed by atoms with Crippen molar-refractivity contribution in [1.82, 2.24) is 25.0 Å². The van der Waals surface area contributed by atoms with E-state index in [0.717, 1.165) is 29.7 Å². The van der Waals surface area contributed by atoms with Crippen molar-refractivity contribution < 1.29 is 28.1 Å². The van der Waals surface area contributed by atoms with E-state index in [4.69, 9.17) is 24.2 Å². The highest BCUT2D eigenvalue weighted by Crippen LogP contribution is 2.52. The lowest BCUT2D eigenvalue weighted by Crippen LogP contribution is -2.44. The first-order chi connectivity index (χ1) is 22.2. The van der Waals surface area contributed by atoms with E-state index < -0.39 is 29.3 Å². The lowest BCUT2D eigenvalue weighted by atomic mass is 10.1. The molecule has 4 aromatic rings. The molecule has 0 amide bonds. The molecule has 0 spiro atoms. The first-order valence-corrected chi connectivity index (χ1v) is 16.8. The van der Waals surface area contributed by atoms with Crippen molar-refractivity contribution in [1.29, 1.82) is 0 Å². The van der Waals surface area contributed by atoms with Crippen molar-refractivity contribution in [3.05, 3.63) is 71.3 Å². The van der Waals surface area contributed by atoms with Crippen LogP contribution < -0.4 is 4.90 Å². The molecule has 0 bridgehead atoms. The van der Waals surface area contributed by atoms with E-state index in [-0.39, 0.29) is 31.3 Å². The monoisotopic (exact) mass is 652 g/mol. The predicted octanol–water partition coefficient (Wildman–Crippen LogP) is 5.54. The quantitative estimate of drug-likeness (QED) is 0.155. The lowest BCUT2D eigenvalue weighted by Gasteiger charge is -2.29. The SMILES string of the molecule is CCCSc1nc(N(Cc2ccccc2)C2C[C@H]2c2ccc(F)c(F)c2)c2nnn(C34CC[C@H](OCCO)C3OC(C)(C)O4)c2n1. The van der Waals surface area contributed by atoms with Crippen LogP contribution in [0.25, 0.3) is 11.2 Å². The highest BCUT2D eigenvalue weighted by atomic mass is 32.2. The van der Waals surface area contributed by atoms with Gasteiger partial charge in [0, 0.05) is 30.7 Å². The minimum atomic E-state index is -1.02. The average Bonchev–Trinajstić information content (AvgIpc) is 3.48. The standard InChI is InChI=1S/C33H38F2N6O4S/c1-4-16-46-31-36-29(40(19-20-8-6-5-7-9-20)25-18-22(25)21-10-11-23(34)24(35)17-21)27-30(37-31)41(39-38-27)33-13-12-26(43-15-14-42)28(33)44-32(2,3)45-33/h5-11,17,22,25-26,28,42H,4,12-16,18-19H2,1-3H3/t22-,25?,26-,28?,33?/m0/s1. The molecule has 2 aromatic heterocycles. The number of benzene rings is 2. The molecule has 2 aliphatic carbocycles. The number of hydrogen-bond donors (Lipinski definition) is 1. The minimum absolute atomic E-state index is 0.0137. The third kappa shape index (κ3) is 5.76. The Balaban J connectivity index is 1.34.